The van der Waals surface area contributed by atoms with Crippen molar-refractivity contribution in [3.05, 3.63) is 11.6 Å². The van der Waals surface area contributed by atoms with E-state index in [0.717, 1.165) is 18.4 Å². The molecule has 2 fully saturated rings. The quantitative estimate of drug-likeness (QED) is 0.400. The smallest absolute Gasteiger partial charge is 0.187 e. The van der Waals surface area contributed by atoms with Crippen LogP contribution >= 0.6 is 0 Å². The van der Waals surface area contributed by atoms with Crippen LogP contribution in [0, 0.1) is 17.3 Å². The van der Waals surface area contributed by atoms with E-state index in [4.69, 9.17) is 9.47 Å². The Labute approximate surface area is 135 Å². The van der Waals surface area contributed by atoms with E-state index in [9.17, 15) is 25.5 Å². The Morgan fingerprint density at radius 2 is 1.96 bits per heavy atom. The molecular weight excluding hydrogens is 304 g/mol. The molecule has 1 aliphatic heterocycles. The summed E-state index contributed by atoms with van der Waals surface area (Å²) in [5.41, 5.74) is 0.962. The highest BCUT2D eigenvalue weighted by atomic mass is 16.7. The minimum Gasteiger partial charge on any atom is -0.396 e. The molecule has 132 valence electrons. The van der Waals surface area contributed by atoms with Crippen LogP contribution in [0.15, 0.2) is 11.6 Å². The van der Waals surface area contributed by atoms with Gasteiger partial charge in [0.05, 0.1) is 13.2 Å². The first-order valence-electron chi connectivity index (χ1n) is 8.14. The maximum Gasteiger partial charge on any atom is 0.187 e. The van der Waals surface area contributed by atoms with E-state index >= 15 is 0 Å². The molecule has 7 heteroatoms. The van der Waals surface area contributed by atoms with Crippen molar-refractivity contribution in [1.29, 1.82) is 0 Å². The molecule has 8 unspecified atom stereocenters. The summed E-state index contributed by atoms with van der Waals surface area (Å²) >= 11 is 0. The fourth-order valence-electron chi connectivity index (χ4n) is 4.11. The zero-order valence-corrected chi connectivity index (χ0v) is 13.2. The minimum atomic E-state index is -1.43. The standard InChI is InChI=1S/C16H26O7/c1-16(7-18)9-3-2-8(10(16)4-9)6-22-15-14(21)13(20)12(19)11(5-17)23-15/h2,9-15,17-21H,3-7H2,1H3. The lowest BCUT2D eigenvalue weighted by Gasteiger charge is -2.57. The second kappa shape index (κ2) is 6.40. The van der Waals surface area contributed by atoms with Crippen molar-refractivity contribution in [3.63, 3.8) is 0 Å². The highest BCUT2D eigenvalue weighted by molar-refractivity contribution is 5.24. The molecule has 4 rings (SSSR count). The first kappa shape index (κ1) is 17.3. The Bertz CT molecular complexity index is 465. The van der Waals surface area contributed by atoms with Crippen molar-refractivity contribution in [2.24, 2.45) is 17.3 Å². The van der Waals surface area contributed by atoms with Gasteiger partial charge in [0.2, 0.25) is 0 Å². The van der Waals surface area contributed by atoms with Gasteiger partial charge >= 0.3 is 0 Å². The van der Waals surface area contributed by atoms with E-state index in [0.29, 0.717) is 5.92 Å². The average molecular weight is 330 g/mol. The molecule has 1 heterocycles. The van der Waals surface area contributed by atoms with Crippen molar-refractivity contribution >= 4 is 0 Å². The first-order chi connectivity index (χ1) is 10.9. The Balaban J connectivity index is 1.61. The third-order valence-electron chi connectivity index (χ3n) is 5.96. The molecule has 0 aromatic carbocycles. The Kier molecular flexibility index (Phi) is 4.81. The molecule has 0 aromatic heterocycles. The van der Waals surface area contributed by atoms with Gasteiger partial charge in [-0.1, -0.05) is 13.0 Å². The lowest BCUT2D eigenvalue weighted by Crippen LogP contribution is -2.59. The first-order valence-corrected chi connectivity index (χ1v) is 8.14. The van der Waals surface area contributed by atoms with E-state index in [1.807, 2.05) is 0 Å². The molecule has 0 spiro atoms. The maximum absolute atomic E-state index is 9.97. The van der Waals surface area contributed by atoms with E-state index in [-0.39, 0.29) is 24.5 Å². The van der Waals surface area contributed by atoms with Gasteiger partial charge in [-0.3, -0.25) is 0 Å². The topological polar surface area (TPSA) is 120 Å². The van der Waals surface area contributed by atoms with Crippen LogP contribution in [0.1, 0.15) is 19.8 Å². The highest BCUT2D eigenvalue weighted by Gasteiger charge is 2.54. The number of rotatable bonds is 5. The lowest BCUT2D eigenvalue weighted by molar-refractivity contribution is -0.299. The lowest BCUT2D eigenvalue weighted by atomic mass is 9.48. The van der Waals surface area contributed by atoms with Crippen LogP contribution in [0.5, 0.6) is 0 Å². The third-order valence-corrected chi connectivity index (χ3v) is 5.96. The van der Waals surface area contributed by atoms with E-state index in [2.05, 4.69) is 13.0 Å². The van der Waals surface area contributed by atoms with Crippen LogP contribution in [0.2, 0.25) is 0 Å². The van der Waals surface area contributed by atoms with Gasteiger partial charge in [0.1, 0.15) is 24.4 Å². The number of hydrogen-bond acceptors (Lipinski definition) is 7. The van der Waals surface area contributed by atoms with E-state index in [1.54, 1.807) is 0 Å². The Morgan fingerprint density at radius 3 is 2.57 bits per heavy atom. The largest absolute Gasteiger partial charge is 0.396 e. The maximum atomic E-state index is 9.97. The van der Waals surface area contributed by atoms with Crippen LogP contribution in [-0.4, -0.2) is 76.1 Å². The summed E-state index contributed by atoms with van der Waals surface area (Å²) in [5.74, 6) is 0.768. The van der Waals surface area contributed by atoms with Gasteiger partial charge in [0.15, 0.2) is 6.29 Å². The predicted octanol–water partition coefficient (Wildman–Crippen LogP) is -1.23. The summed E-state index contributed by atoms with van der Waals surface area (Å²) in [6.07, 6.45) is -2.22. The second-order valence-electron chi connectivity index (χ2n) is 7.17. The fraction of sp³-hybridized carbons (Fsp3) is 0.875. The van der Waals surface area contributed by atoms with Crippen molar-refractivity contribution < 1.29 is 35.0 Å². The molecule has 0 aromatic rings. The van der Waals surface area contributed by atoms with E-state index in [1.165, 1.54) is 0 Å². The normalized spacial score (nSPS) is 49.5. The molecule has 1 saturated heterocycles. The van der Waals surface area contributed by atoms with Crippen molar-refractivity contribution in [2.45, 2.75) is 50.5 Å². The van der Waals surface area contributed by atoms with Gasteiger partial charge in [-0.15, -0.1) is 0 Å². The molecule has 0 amide bonds. The summed E-state index contributed by atoms with van der Waals surface area (Å²) in [6.45, 7) is 1.97. The number of aliphatic hydroxyl groups excluding tert-OH is 5. The molecule has 2 bridgehead atoms. The fourth-order valence-corrected chi connectivity index (χ4v) is 4.11. The van der Waals surface area contributed by atoms with Crippen LogP contribution in [-0.2, 0) is 9.47 Å². The van der Waals surface area contributed by atoms with E-state index < -0.39 is 37.3 Å². The summed E-state index contributed by atoms with van der Waals surface area (Å²) in [7, 11) is 0. The van der Waals surface area contributed by atoms with Crippen LogP contribution in [0.4, 0.5) is 0 Å². The highest BCUT2D eigenvalue weighted by Crippen LogP contribution is 2.59. The van der Waals surface area contributed by atoms with Gasteiger partial charge in [-0.05, 0) is 30.3 Å². The van der Waals surface area contributed by atoms with Crippen molar-refractivity contribution in [1.82, 2.24) is 0 Å². The molecule has 4 aliphatic rings. The summed E-state index contributed by atoms with van der Waals surface area (Å²) < 4.78 is 11.0. The monoisotopic (exact) mass is 330 g/mol. The van der Waals surface area contributed by atoms with Gasteiger partial charge in [0.25, 0.3) is 0 Å². The number of fused-ring (bicyclic) bond motifs is 1. The number of hydrogen-bond donors (Lipinski definition) is 5. The second-order valence-corrected chi connectivity index (χ2v) is 7.17. The number of allylic oxidation sites excluding steroid dienone is 1. The van der Waals surface area contributed by atoms with Crippen LogP contribution in [0.25, 0.3) is 0 Å². The Hall–Kier alpha value is -0.540. The van der Waals surface area contributed by atoms with Crippen LogP contribution in [0.3, 0.4) is 0 Å². The summed E-state index contributed by atoms with van der Waals surface area (Å²) in [5, 5.41) is 48.3. The van der Waals surface area contributed by atoms with Gasteiger partial charge < -0.3 is 35.0 Å². The Morgan fingerprint density at radius 1 is 1.22 bits per heavy atom. The predicted molar refractivity (Wildman–Crippen MR) is 79.2 cm³/mol. The number of ether oxygens (including phenoxy) is 2. The number of aliphatic hydroxyl groups is 5. The SMILES string of the molecule is CC1(CO)C2CC=C(COC3OC(CO)C(O)C(O)C3O)C1C2. The summed E-state index contributed by atoms with van der Waals surface area (Å²) in [6, 6.07) is 0. The third kappa shape index (κ3) is 2.74. The molecule has 0 radical (unpaired) electrons. The minimum absolute atomic E-state index is 0.108. The zero-order chi connectivity index (χ0) is 16.8. The van der Waals surface area contributed by atoms with Crippen LogP contribution < -0.4 is 0 Å². The van der Waals surface area contributed by atoms with Gasteiger partial charge in [-0.25, -0.2) is 0 Å². The van der Waals surface area contributed by atoms with Gasteiger partial charge in [-0.2, -0.15) is 0 Å². The molecule has 23 heavy (non-hydrogen) atoms. The molecule has 5 N–H and O–H groups in total. The zero-order valence-electron chi connectivity index (χ0n) is 13.2. The van der Waals surface area contributed by atoms with Crippen molar-refractivity contribution in [3.8, 4) is 0 Å². The van der Waals surface area contributed by atoms with Crippen molar-refractivity contribution in [2.75, 3.05) is 19.8 Å². The van der Waals surface area contributed by atoms with Gasteiger partial charge in [0, 0.05) is 12.0 Å². The average Bonchev–Trinajstić information content (AvgIpc) is 2.58. The molecule has 7 nitrogen and oxygen atoms in total. The molecular formula is C16H26O7. The summed E-state index contributed by atoms with van der Waals surface area (Å²) in [4.78, 5) is 0. The molecule has 1 saturated carbocycles. The molecule has 8 atom stereocenters. The molecule has 3 aliphatic carbocycles.